The second-order valence-corrected chi connectivity index (χ2v) is 12.8. The maximum atomic E-state index is 13.5. The van der Waals surface area contributed by atoms with Crippen molar-refractivity contribution in [3.05, 3.63) is 59.0 Å². The molecule has 1 saturated carbocycles. The van der Waals surface area contributed by atoms with Gasteiger partial charge in [-0.1, -0.05) is 32.9 Å². The van der Waals surface area contributed by atoms with Crippen molar-refractivity contribution in [3.8, 4) is 5.88 Å². The van der Waals surface area contributed by atoms with Crippen LogP contribution >= 0.6 is 0 Å². The summed E-state index contributed by atoms with van der Waals surface area (Å²) in [5.41, 5.74) is 2.97. The number of fused-ring (bicyclic) bond motifs is 1. The first-order valence-corrected chi connectivity index (χ1v) is 14.3. The maximum Gasteiger partial charge on any atom is 0.249 e. The number of carbonyl (C=O) groups is 1. The third-order valence-electron chi connectivity index (χ3n) is 8.16. The van der Waals surface area contributed by atoms with Gasteiger partial charge in [0.25, 0.3) is 0 Å². The van der Waals surface area contributed by atoms with Gasteiger partial charge in [-0.3, -0.25) is 4.79 Å². The van der Waals surface area contributed by atoms with Gasteiger partial charge in [0, 0.05) is 37.4 Å². The van der Waals surface area contributed by atoms with Crippen LogP contribution in [0.25, 0.3) is 0 Å². The smallest absolute Gasteiger partial charge is 0.249 e. The summed E-state index contributed by atoms with van der Waals surface area (Å²) >= 11 is 0. The number of benzene rings is 1. The Morgan fingerprint density at radius 3 is 2.62 bits per heavy atom. The predicted octanol–water partition coefficient (Wildman–Crippen LogP) is 4.41. The van der Waals surface area contributed by atoms with Crippen LogP contribution in [-0.4, -0.2) is 53.0 Å². The summed E-state index contributed by atoms with van der Waals surface area (Å²) in [6.07, 6.45) is 7.34. The Bertz CT molecular complexity index is 1140. The maximum absolute atomic E-state index is 13.5. The molecule has 39 heavy (non-hydrogen) atoms. The zero-order valence-corrected chi connectivity index (χ0v) is 23.3. The zero-order chi connectivity index (χ0) is 27.6. The number of hydrogen-bond donors (Lipinski definition) is 3. The summed E-state index contributed by atoms with van der Waals surface area (Å²) in [6.45, 7) is 7.49. The van der Waals surface area contributed by atoms with Gasteiger partial charge >= 0.3 is 0 Å². The quantitative estimate of drug-likeness (QED) is 0.437. The average Bonchev–Trinajstić information content (AvgIpc) is 3.41. The molecule has 3 aliphatic rings. The van der Waals surface area contributed by atoms with Gasteiger partial charge in [-0.25, -0.2) is 9.37 Å². The number of pyridine rings is 1. The van der Waals surface area contributed by atoms with E-state index in [1.807, 2.05) is 6.20 Å². The highest BCUT2D eigenvalue weighted by atomic mass is 19.1. The molecular formula is C31H42FN3O4. The highest BCUT2D eigenvalue weighted by molar-refractivity contribution is 5.81. The Hall–Kier alpha value is -2.55. The largest absolute Gasteiger partial charge is 0.471 e. The molecule has 0 radical (unpaired) electrons. The van der Waals surface area contributed by atoms with E-state index in [0.29, 0.717) is 25.3 Å². The number of amides is 1. The number of hydrogen-bond acceptors (Lipinski definition) is 6. The molecule has 1 spiro atoms. The number of nitrogens with one attached hydrogen (secondary N) is 2. The van der Waals surface area contributed by atoms with Crippen molar-refractivity contribution in [1.29, 1.82) is 0 Å². The van der Waals surface area contributed by atoms with E-state index in [4.69, 9.17) is 14.5 Å². The molecule has 2 aromatic rings. The van der Waals surface area contributed by atoms with Gasteiger partial charge in [0.2, 0.25) is 11.8 Å². The molecule has 1 aromatic heterocycles. The van der Waals surface area contributed by atoms with Crippen LogP contribution in [0.1, 0.15) is 82.0 Å². The summed E-state index contributed by atoms with van der Waals surface area (Å²) in [5.74, 6) is 0.156. The molecule has 0 unspecified atom stereocenters. The Balaban J connectivity index is 1.32. The molecule has 2 fully saturated rings. The Morgan fingerprint density at radius 2 is 1.97 bits per heavy atom. The van der Waals surface area contributed by atoms with Crippen molar-refractivity contribution < 1.29 is 23.8 Å². The van der Waals surface area contributed by atoms with Crippen molar-refractivity contribution in [2.75, 3.05) is 13.2 Å². The second kappa shape index (κ2) is 11.5. The van der Waals surface area contributed by atoms with Crippen LogP contribution in [0.3, 0.4) is 0 Å². The molecule has 8 heteroatoms. The number of nitrogens with zero attached hydrogens (tertiary/aromatic N) is 1. The molecule has 1 saturated heterocycles. The van der Waals surface area contributed by atoms with Gasteiger partial charge in [-0.15, -0.1) is 0 Å². The summed E-state index contributed by atoms with van der Waals surface area (Å²) in [5, 5.41) is 18.0. The van der Waals surface area contributed by atoms with Crippen LogP contribution in [0.4, 0.5) is 4.39 Å². The summed E-state index contributed by atoms with van der Waals surface area (Å²) in [6, 6.07) is 7.81. The van der Waals surface area contributed by atoms with Gasteiger partial charge in [0.1, 0.15) is 17.5 Å². The molecule has 2 aliphatic heterocycles. The van der Waals surface area contributed by atoms with E-state index in [9.17, 15) is 14.3 Å². The summed E-state index contributed by atoms with van der Waals surface area (Å²) in [4.78, 5) is 17.6. The molecule has 3 heterocycles. The molecule has 4 atom stereocenters. The zero-order valence-electron chi connectivity index (χ0n) is 23.3. The van der Waals surface area contributed by atoms with E-state index < -0.39 is 18.2 Å². The van der Waals surface area contributed by atoms with E-state index in [1.54, 1.807) is 12.1 Å². The first-order chi connectivity index (χ1) is 18.6. The normalized spacial score (nSPS) is 23.4. The summed E-state index contributed by atoms with van der Waals surface area (Å²) in [7, 11) is 0. The standard InChI is InChI=1S/C31H42FN3O4/c1-30(2,3)16-21-14-23-25(17-31(11-5-12-31)39-29(23)34-18-21)33-19-26(36)24(15-20-7-9-22(32)10-8-20)35-28(37)27-6-4-13-38-27/h7-10,14,18,24-27,33,36H,4-6,11-13,15-17,19H2,1-3H3,(H,35,37)/t24-,25-,26+,27+/m0/s1. The highest BCUT2D eigenvalue weighted by Crippen LogP contribution is 2.48. The third kappa shape index (κ3) is 6.97. The molecule has 3 N–H and O–H groups in total. The Morgan fingerprint density at radius 1 is 1.21 bits per heavy atom. The molecule has 1 aromatic carbocycles. The average molecular weight is 540 g/mol. The van der Waals surface area contributed by atoms with Gasteiger partial charge in [-0.2, -0.15) is 0 Å². The van der Waals surface area contributed by atoms with Crippen molar-refractivity contribution >= 4 is 5.91 Å². The number of aromatic nitrogens is 1. The molecule has 5 rings (SSSR count). The first kappa shape index (κ1) is 28.0. The van der Waals surface area contributed by atoms with Crippen LogP contribution < -0.4 is 15.4 Å². The topological polar surface area (TPSA) is 92.7 Å². The van der Waals surface area contributed by atoms with Crippen molar-refractivity contribution in [3.63, 3.8) is 0 Å². The minimum absolute atomic E-state index is 0.0172. The summed E-state index contributed by atoms with van der Waals surface area (Å²) < 4.78 is 25.5. The molecule has 1 aliphatic carbocycles. The fourth-order valence-corrected chi connectivity index (χ4v) is 5.97. The SMILES string of the molecule is CC(C)(C)Cc1cnc2c(c1)[C@@H](NC[C@@H](O)[C@H](Cc1ccc(F)cc1)NC(=O)[C@H]1CCCO1)CC1(CCC1)O2. The van der Waals surface area contributed by atoms with E-state index in [-0.39, 0.29) is 35.3 Å². The van der Waals surface area contributed by atoms with Crippen molar-refractivity contribution in [2.24, 2.45) is 5.41 Å². The molecule has 7 nitrogen and oxygen atoms in total. The van der Waals surface area contributed by atoms with E-state index in [2.05, 4.69) is 37.5 Å². The predicted molar refractivity (Wildman–Crippen MR) is 147 cm³/mol. The van der Waals surface area contributed by atoms with Crippen LogP contribution in [-0.2, 0) is 22.4 Å². The number of aliphatic hydroxyl groups is 1. The lowest BCUT2D eigenvalue weighted by Gasteiger charge is -2.47. The number of halogens is 1. The van der Waals surface area contributed by atoms with Crippen molar-refractivity contribution in [1.82, 2.24) is 15.6 Å². The number of rotatable bonds is 9. The minimum atomic E-state index is -0.866. The monoisotopic (exact) mass is 539 g/mol. The second-order valence-electron chi connectivity index (χ2n) is 12.8. The first-order valence-electron chi connectivity index (χ1n) is 14.3. The van der Waals surface area contributed by atoms with Crippen LogP contribution in [0, 0.1) is 11.2 Å². The van der Waals surface area contributed by atoms with Gasteiger partial charge in [0.15, 0.2) is 0 Å². The van der Waals surface area contributed by atoms with Crippen LogP contribution in [0.2, 0.25) is 0 Å². The van der Waals surface area contributed by atoms with Gasteiger partial charge in [-0.05, 0) is 79.7 Å². The molecule has 0 bridgehead atoms. The lowest BCUT2D eigenvalue weighted by atomic mass is 9.73. The molecular weight excluding hydrogens is 497 g/mol. The Labute approximate surface area is 230 Å². The fraction of sp³-hybridized carbons (Fsp3) is 0.613. The van der Waals surface area contributed by atoms with E-state index >= 15 is 0 Å². The number of carbonyl (C=O) groups excluding carboxylic acids is 1. The lowest BCUT2D eigenvalue weighted by molar-refractivity contribution is -0.131. The van der Waals surface area contributed by atoms with E-state index in [0.717, 1.165) is 49.7 Å². The highest BCUT2D eigenvalue weighted by Gasteiger charge is 2.46. The number of ether oxygens (including phenoxy) is 2. The van der Waals surface area contributed by atoms with Gasteiger partial charge < -0.3 is 25.2 Å². The Kier molecular flexibility index (Phi) is 8.26. The fourth-order valence-electron chi connectivity index (χ4n) is 5.97. The third-order valence-corrected chi connectivity index (χ3v) is 8.16. The van der Waals surface area contributed by atoms with Gasteiger partial charge in [0.05, 0.1) is 12.1 Å². The molecule has 212 valence electrons. The van der Waals surface area contributed by atoms with Crippen LogP contribution in [0.15, 0.2) is 36.5 Å². The van der Waals surface area contributed by atoms with E-state index in [1.165, 1.54) is 17.7 Å². The molecule has 1 amide bonds. The minimum Gasteiger partial charge on any atom is -0.471 e. The number of aliphatic hydroxyl groups excluding tert-OH is 1. The lowest BCUT2D eigenvalue weighted by Crippen LogP contribution is -2.53. The van der Waals surface area contributed by atoms with Crippen LogP contribution in [0.5, 0.6) is 5.88 Å². The van der Waals surface area contributed by atoms with Crippen molar-refractivity contribution in [2.45, 2.75) is 102 Å².